The zero-order valence-electron chi connectivity index (χ0n) is 14.0. The van der Waals surface area contributed by atoms with Crippen molar-refractivity contribution in [2.75, 3.05) is 11.9 Å². The standard InChI is InChI=1S/C16H19N3O4S/c1-10-7-11(5-6-12(10)19(21)22)23-8-14(20)18-15-17-13(9-24-15)16(2,3)4/h5-7,9H,8H2,1-4H3,(H,17,18,20). The van der Waals surface area contributed by atoms with Crippen molar-refractivity contribution >= 4 is 28.1 Å². The SMILES string of the molecule is Cc1cc(OCC(=O)Nc2nc(C(C)(C)C)cs2)ccc1[N+](=O)[O-]. The minimum absolute atomic E-state index is 0.0179. The Kier molecular flexibility index (Phi) is 5.18. The third-order valence-corrected chi connectivity index (χ3v) is 4.01. The number of nitrogens with one attached hydrogen (secondary N) is 1. The minimum Gasteiger partial charge on any atom is -0.484 e. The molecule has 24 heavy (non-hydrogen) atoms. The predicted molar refractivity (Wildman–Crippen MR) is 92.8 cm³/mol. The lowest BCUT2D eigenvalue weighted by molar-refractivity contribution is -0.385. The summed E-state index contributed by atoms with van der Waals surface area (Å²) in [6.07, 6.45) is 0. The van der Waals surface area contributed by atoms with Gasteiger partial charge in [-0.2, -0.15) is 0 Å². The Labute approximate surface area is 143 Å². The second kappa shape index (κ2) is 6.96. The van der Waals surface area contributed by atoms with Gasteiger partial charge in [0.05, 0.1) is 10.6 Å². The minimum atomic E-state index is -0.457. The molecule has 0 saturated heterocycles. The maximum atomic E-state index is 11.9. The maximum absolute atomic E-state index is 11.9. The summed E-state index contributed by atoms with van der Waals surface area (Å²) in [6.45, 7) is 7.57. The lowest BCUT2D eigenvalue weighted by atomic mass is 9.93. The Bertz CT molecular complexity index is 765. The summed E-state index contributed by atoms with van der Waals surface area (Å²) in [5, 5.41) is 15.9. The highest BCUT2D eigenvalue weighted by Gasteiger charge is 2.18. The van der Waals surface area contributed by atoms with Crippen molar-refractivity contribution in [3.05, 3.63) is 45.0 Å². The molecule has 0 radical (unpaired) electrons. The van der Waals surface area contributed by atoms with E-state index in [2.05, 4.69) is 10.3 Å². The number of carbonyl (C=O) groups excluding carboxylic acids is 1. The third kappa shape index (κ3) is 4.51. The molecule has 1 amide bonds. The summed E-state index contributed by atoms with van der Waals surface area (Å²) in [4.78, 5) is 26.6. The van der Waals surface area contributed by atoms with E-state index in [1.807, 2.05) is 26.2 Å². The molecule has 0 bridgehead atoms. The Hall–Kier alpha value is -2.48. The van der Waals surface area contributed by atoms with E-state index >= 15 is 0 Å². The molecule has 128 valence electrons. The zero-order chi connectivity index (χ0) is 17.9. The van der Waals surface area contributed by atoms with Gasteiger partial charge in [0, 0.05) is 22.4 Å². The van der Waals surface area contributed by atoms with Crippen LogP contribution in [0, 0.1) is 17.0 Å². The summed E-state index contributed by atoms with van der Waals surface area (Å²) in [5.41, 5.74) is 1.33. The fraction of sp³-hybridized carbons (Fsp3) is 0.375. The van der Waals surface area contributed by atoms with E-state index in [1.165, 1.54) is 29.5 Å². The van der Waals surface area contributed by atoms with Crippen molar-refractivity contribution in [2.45, 2.75) is 33.1 Å². The highest BCUT2D eigenvalue weighted by molar-refractivity contribution is 7.13. The van der Waals surface area contributed by atoms with E-state index in [1.54, 1.807) is 6.92 Å². The van der Waals surface area contributed by atoms with Gasteiger partial charge < -0.3 is 4.74 Å². The number of nitro benzene ring substituents is 1. The number of benzene rings is 1. The van der Waals surface area contributed by atoms with Crippen LogP contribution in [0.2, 0.25) is 0 Å². The van der Waals surface area contributed by atoms with E-state index in [4.69, 9.17) is 4.74 Å². The molecule has 1 N–H and O–H groups in total. The number of rotatable bonds is 5. The molecule has 1 aromatic carbocycles. The molecule has 0 aliphatic carbocycles. The van der Waals surface area contributed by atoms with Gasteiger partial charge in [0.1, 0.15) is 5.75 Å². The normalized spacial score (nSPS) is 11.2. The topological polar surface area (TPSA) is 94.4 Å². The van der Waals surface area contributed by atoms with E-state index in [0.29, 0.717) is 16.4 Å². The molecule has 7 nitrogen and oxygen atoms in total. The zero-order valence-corrected chi connectivity index (χ0v) is 14.8. The van der Waals surface area contributed by atoms with Gasteiger partial charge in [0.15, 0.2) is 11.7 Å². The number of nitrogens with zero attached hydrogens (tertiary/aromatic N) is 2. The summed E-state index contributed by atoms with van der Waals surface area (Å²) in [7, 11) is 0. The summed E-state index contributed by atoms with van der Waals surface area (Å²) in [6, 6.07) is 4.37. The van der Waals surface area contributed by atoms with Crippen LogP contribution in [0.3, 0.4) is 0 Å². The van der Waals surface area contributed by atoms with Crippen molar-refractivity contribution in [3.8, 4) is 5.75 Å². The van der Waals surface area contributed by atoms with Gasteiger partial charge in [-0.3, -0.25) is 20.2 Å². The van der Waals surface area contributed by atoms with Crippen LogP contribution < -0.4 is 10.1 Å². The van der Waals surface area contributed by atoms with Crippen LogP contribution in [0.25, 0.3) is 0 Å². The van der Waals surface area contributed by atoms with Crippen LogP contribution in [0.1, 0.15) is 32.0 Å². The monoisotopic (exact) mass is 349 g/mol. The van der Waals surface area contributed by atoms with Crippen LogP contribution in [-0.2, 0) is 10.2 Å². The number of aromatic nitrogens is 1. The first-order valence-electron chi connectivity index (χ1n) is 7.30. The van der Waals surface area contributed by atoms with E-state index in [0.717, 1.165) is 5.69 Å². The fourth-order valence-corrected chi connectivity index (χ4v) is 2.86. The van der Waals surface area contributed by atoms with E-state index < -0.39 is 4.92 Å². The fourth-order valence-electron chi connectivity index (χ4n) is 1.90. The van der Waals surface area contributed by atoms with Crippen LogP contribution in [-0.4, -0.2) is 22.4 Å². The molecule has 0 saturated carbocycles. The van der Waals surface area contributed by atoms with Crippen molar-refractivity contribution in [3.63, 3.8) is 0 Å². The molecule has 1 heterocycles. The highest BCUT2D eigenvalue weighted by Crippen LogP contribution is 2.26. The smallest absolute Gasteiger partial charge is 0.272 e. The van der Waals surface area contributed by atoms with Crippen LogP contribution >= 0.6 is 11.3 Å². The molecule has 0 aliphatic rings. The molecular weight excluding hydrogens is 330 g/mol. The summed E-state index contributed by atoms with van der Waals surface area (Å²) < 4.78 is 5.37. The Morgan fingerprint density at radius 2 is 2.12 bits per heavy atom. The lowest BCUT2D eigenvalue weighted by Gasteiger charge is -2.14. The predicted octanol–water partition coefficient (Wildman–Crippen LogP) is 3.67. The van der Waals surface area contributed by atoms with Gasteiger partial charge in [-0.25, -0.2) is 4.98 Å². The van der Waals surface area contributed by atoms with Crippen LogP contribution in [0.5, 0.6) is 5.75 Å². The third-order valence-electron chi connectivity index (χ3n) is 3.25. The number of hydrogen-bond acceptors (Lipinski definition) is 6. The number of ether oxygens (including phenoxy) is 1. The van der Waals surface area contributed by atoms with Gasteiger partial charge in [-0.1, -0.05) is 20.8 Å². The first-order valence-corrected chi connectivity index (χ1v) is 8.18. The largest absolute Gasteiger partial charge is 0.484 e. The molecule has 8 heteroatoms. The van der Waals surface area contributed by atoms with Crippen molar-refractivity contribution in [1.29, 1.82) is 0 Å². The molecule has 0 unspecified atom stereocenters. The van der Waals surface area contributed by atoms with Crippen LogP contribution in [0.15, 0.2) is 23.6 Å². The first kappa shape index (κ1) is 17.9. The van der Waals surface area contributed by atoms with Gasteiger partial charge in [-0.05, 0) is 19.1 Å². The van der Waals surface area contributed by atoms with Crippen molar-refractivity contribution in [2.24, 2.45) is 0 Å². The van der Waals surface area contributed by atoms with Crippen molar-refractivity contribution < 1.29 is 14.5 Å². The molecule has 1 aromatic heterocycles. The number of carbonyl (C=O) groups is 1. The Balaban J connectivity index is 1.93. The molecule has 0 aliphatic heterocycles. The molecule has 0 spiro atoms. The number of hydrogen-bond donors (Lipinski definition) is 1. The quantitative estimate of drug-likeness (QED) is 0.656. The summed E-state index contributed by atoms with van der Waals surface area (Å²) >= 11 is 1.36. The Morgan fingerprint density at radius 3 is 2.67 bits per heavy atom. The number of thiazole rings is 1. The van der Waals surface area contributed by atoms with Gasteiger partial charge in [0.25, 0.3) is 11.6 Å². The van der Waals surface area contributed by atoms with E-state index in [9.17, 15) is 14.9 Å². The van der Waals surface area contributed by atoms with Crippen LogP contribution in [0.4, 0.5) is 10.8 Å². The average molecular weight is 349 g/mol. The molecule has 2 aromatic rings. The van der Waals surface area contributed by atoms with Gasteiger partial charge in [-0.15, -0.1) is 11.3 Å². The number of anilines is 1. The average Bonchev–Trinajstić information content (AvgIpc) is 2.93. The van der Waals surface area contributed by atoms with E-state index in [-0.39, 0.29) is 23.6 Å². The number of nitro groups is 1. The number of aryl methyl sites for hydroxylation is 1. The maximum Gasteiger partial charge on any atom is 0.272 e. The lowest BCUT2D eigenvalue weighted by Crippen LogP contribution is -2.20. The summed E-state index contributed by atoms with van der Waals surface area (Å²) in [5.74, 6) is 0.0728. The highest BCUT2D eigenvalue weighted by atomic mass is 32.1. The molecule has 0 atom stereocenters. The van der Waals surface area contributed by atoms with Crippen molar-refractivity contribution in [1.82, 2.24) is 4.98 Å². The second-order valence-corrected chi connectivity index (χ2v) is 7.19. The van der Waals surface area contributed by atoms with Gasteiger partial charge >= 0.3 is 0 Å². The molecule has 2 rings (SSSR count). The molecular formula is C16H19N3O4S. The van der Waals surface area contributed by atoms with Gasteiger partial charge in [0.2, 0.25) is 0 Å². The molecule has 0 fully saturated rings. The second-order valence-electron chi connectivity index (χ2n) is 6.33. The Morgan fingerprint density at radius 1 is 1.42 bits per heavy atom. The first-order chi connectivity index (χ1) is 11.2. The number of amides is 1.